The van der Waals surface area contributed by atoms with E-state index in [0.717, 1.165) is 0 Å². The summed E-state index contributed by atoms with van der Waals surface area (Å²) in [6, 6.07) is 10.3. The van der Waals surface area contributed by atoms with Crippen molar-refractivity contribution in [3.8, 4) is 0 Å². The first kappa shape index (κ1) is 21.8. The third kappa shape index (κ3) is 10.5. The number of hydrogen-bond acceptors (Lipinski definition) is 0. The molecule has 22 heavy (non-hydrogen) atoms. The van der Waals surface area contributed by atoms with Gasteiger partial charge in [0.05, 0.1) is 0 Å². The number of aryl methyl sites for hydroxylation is 1. The zero-order valence-corrected chi connectivity index (χ0v) is 18.4. The number of unbranched alkanes of at least 4 members (excludes halogenated alkanes) is 3. The number of hydrogen-bond donors (Lipinski definition) is 0. The second-order valence-electron chi connectivity index (χ2n) is 6.53. The van der Waals surface area contributed by atoms with Gasteiger partial charge in [0.15, 0.2) is 0 Å². The van der Waals surface area contributed by atoms with Gasteiger partial charge in [0.25, 0.3) is 0 Å². The molecule has 0 heterocycles. The average Bonchev–Trinajstić information content (AvgIpc) is 2.56. The molecule has 0 bridgehead atoms. The van der Waals surface area contributed by atoms with Crippen LogP contribution in [0.5, 0.6) is 0 Å². The maximum Gasteiger partial charge on any atom is -0.0398 e. The summed E-state index contributed by atoms with van der Waals surface area (Å²) < 4.78 is 7.16. The first-order chi connectivity index (χ1) is 10.6. The molecule has 1 rings (SSSR count). The molecule has 0 N–H and O–H groups in total. The predicted octanol–water partition coefficient (Wildman–Crippen LogP) is 7.56. The average molecular weight is 409 g/mol. The van der Waals surface area contributed by atoms with E-state index < -0.39 is 18.4 Å². The molecule has 1 aromatic rings. The van der Waals surface area contributed by atoms with E-state index in [9.17, 15) is 0 Å². The minimum Gasteiger partial charge on any atom is -0.0622 e. The largest absolute Gasteiger partial charge is 0.0622 e. The fourth-order valence-corrected chi connectivity index (χ4v) is 15.7. The molecule has 1 heteroatoms. The Balaban J connectivity index is 0.000000518. The summed E-state index contributed by atoms with van der Waals surface area (Å²) in [5.41, 5.74) is 1.32. The molecule has 0 amide bonds. The summed E-state index contributed by atoms with van der Waals surface area (Å²) in [6.45, 7) is 13.2. The topological polar surface area (TPSA) is 0 Å². The second-order valence-corrected chi connectivity index (χ2v) is 19.8. The maximum atomic E-state index is 4.19. The zero-order valence-electron chi connectivity index (χ0n) is 15.5. The van der Waals surface area contributed by atoms with Crippen molar-refractivity contribution in [2.75, 3.05) is 0 Å². The quantitative estimate of drug-likeness (QED) is 0.350. The van der Waals surface area contributed by atoms with Crippen molar-refractivity contribution >= 4 is 18.4 Å². The Hall–Kier alpha value is -0.241. The van der Waals surface area contributed by atoms with Crippen molar-refractivity contribution in [3.63, 3.8) is 0 Å². The molecule has 0 aliphatic heterocycles. The van der Waals surface area contributed by atoms with Crippen LogP contribution >= 0.6 is 0 Å². The summed E-state index contributed by atoms with van der Waals surface area (Å²) in [6.07, 6.45) is 8.46. The normalized spacial score (nSPS) is 10.7. The van der Waals surface area contributed by atoms with Crippen LogP contribution in [0.2, 0.25) is 13.3 Å². The van der Waals surface area contributed by atoms with Gasteiger partial charge >= 0.3 is 102 Å². The summed E-state index contributed by atoms with van der Waals surface area (Å²) in [4.78, 5) is 0. The van der Waals surface area contributed by atoms with Crippen molar-refractivity contribution < 1.29 is 0 Å². The number of rotatable bonds is 10. The van der Waals surface area contributed by atoms with Gasteiger partial charge in [0.2, 0.25) is 0 Å². The van der Waals surface area contributed by atoms with Gasteiger partial charge < -0.3 is 0 Å². The Morgan fingerprint density at radius 2 is 1.23 bits per heavy atom. The minimum atomic E-state index is -1.85. The fourth-order valence-electron chi connectivity index (χ4n) is 2.80. The van der Waals surface area contributed by atoms with Crippen LogP contribution in [0.3, 0.4) is 0 Å². The first-order valence-corrected chi connectivity index (χ1v) is 17.0. The van der Waals surface area contributed by atoms with E-state index in [1.165, 1.54) is 44.1 Å². The fraction of sp³-hybridized carbons (Fsp3) is 0.619. The van der Waals surface area contributed by atoms with Crippen molar-refractivity contribution in [1.82, 2.24) is 0 Å². The Morgan fingerprint density at radius 3 is 1.45 bits per heavy atom. The molecule has 0 radical (unpaired) electrons. The summed E-state index contributed by atoms with van der Waals surface area (Å²) in [7, 11) is 0. The third-order valence-electron chi connectivity index (χ3n) is 4.46. The van der Waals surface area contributed by atoms with E-state index in [4.69, 9.17) is 0 Å². The molecule has 0 saturated carbocycles. The summed E-state index contributed by atoms with van der Waals surface area (Å²) in [5, 5.41) is 0. The second kappa shape index (κ2) is 14.4. The molecule has 0 spiro atoms. The van der Waals surface area contributed by atoms with Crippen molar-refractivity contribution in [1.29, 1.82) is 0 Å². The van der Waals surface area contributed by atoms with Crippen LogP contribution in [0.15, 0.2) is 41.0 Å². The van der Waals surface area contributed by atoms with Gasteiger partial charge in [-0.2, -0.15) is 0 Å². The van der Waals surface area contributed by atoms with Gasteiger partial charge in [0.1, 0.15) is 0 Å². The van der Waals surface area contributed by atoms with Gasteiger partial charge in [-0.1, -0.05) is 35.9 Å². The molecule has 126 valence electrons. The Kier molecular flexibility index (Phi) is 14.2. The van der Waals surface area contributed by atoms with Gasteiger partial charge in [-0.25, -0.2) is 0 Å². The van der Waals surface area contributed by atoms with Crippen LogP contribution in [0, 0.1) is 6.92 Å². The molecule has 0 saturated heterocycles. The number of benzene rings is 1. The van der Waals surface area contributed by atoms with Crippen molar-refractivity contribution in [2.24, 2.45) is 0 Å². The maximum absolute atomic E-state index is 4.19. The van der Waals surface area contributed by atoms with Gasteiger partial charge in [-0.15, -0.1) is 0 Å². The van der Waals surface area contributed by atoms with Crippen LogP contribution in [-0.4, -0.2) is 18.4 Å². The van der Waals surface area contributed by atoms with Crippen LogP contribution in [0.25, 0.3) is 0 Å². The molecular formula is C21H38Sn. The molecule has 0 aliphatic rings. The Morgan fingerprint density at radius 1 is 0.818 bits per heavy atom. The molecule has 0 unspecified atom stereocenters. The molecule has 0 nitrogen and oxygen atoms in total. The zero-order chi connectivity index (χ0) is 16.7. The third-order valence-corrected chi connectivity index (χ3v) is 18.5. The van der Waals surface area contributed by atoms with Gasteiger partial charge in [0, 0.05) is 0 Å². The molecule has 1 aromatic carbocycles. The molecule has 0 fully saturated rings. The van der Waals surface area contributed by atoms with E-state index in [0.29, 0.717) is 0 Å². The van der Waals surface area contributed by atoms with E-state index in [1.54, 1.807) is 13.3 Å². The van der Waals surface area contributed by atoms with E-state index in [1.807, 2.05) is 18.2 Å². The summed E-state index contributed by atoms with van der Waals surface area (Å²) >= 11 is -1.85. The monoisotopic (exact) mass is 410 g/mol. The van der Waals surface area contributed by atoms with E-state index in [-0.39, 0.29) is 0 Å². The first-order valence-electron chi connectivity index (χ1n) is 9.29. The van der Waals surface area contributed by atoms with Gasteiger partial charge in [-0.3, -0.25) is 0 Å². The minimum absolute atomic E-state index is 1.32. The van der Waals surface area contributed by atoms with Crippen LogP contribution in [0.1, 0.15) is 64.9 Å². The van der Waals surface area contributed by atoms with E-state index in [2.05, 4.69) is 50.5 Å². The van der Waals surface area contributed by atoms with Crippen LogP contribution in [0.4, 0.5) is 0 Å². The Bertz CT molecular complexity index is 334. The molecule has 0 atom stereocenters. The van der Waals surface area contributed by atoms with Crippen LogP contribution in [-0.2, 0) is 0 Å². The van der Waals surface area contributed by atoms with E-state index >= 15 is 0 Å². The standard InChI is InChI=1S/C7H8.3C4H9.C2H3.Sn/c1-7-5-3-2-4-6-7;3*1-3-4-2;1-2;/h2-6H,1H3;3*1,3-4H2,2H3;1H,2H2;. The summed E-state index contributed by atoms with van der Waals surface area (Å²) in [5.74, 6) is 0. The van der Waals surface area contributed by atoms with Crippen molar-refractivity contribution in [2.45, 2.75) is 79.5 Å². The molecular weight excluding hydrogens is 371 g/mol. The predicted molar refractivity (Wildman–Crippen MR) is 106 cm³/mol. The molecule has 0 aliphatic carbocycles. The Labute approximate surface area is 144 Å². The van der Waals surface area contributed by atoms with Crippen molar-refractivity contribution in [3.05, 3.63) is 46.6 Å². The van der Waals surface area contributed by atoms with Crippen LogP contribution < -0.4 is 0 Å². The smallest absolute Gasteiger partial charge is 0.0398 e. The van der Waals surface area contributed by atoms with Gasteiger partial charge in [-0.05, 0) is 6.92 Å². The SMILES string of the molecule is C=[CH][Sn]([CH2]CCC)([CH2]CCC)[CH2]CCC.Cc1ccccc1. The molecule has 0 aromatic heterocycles.